The molecule has 0 spiro atoms. The fraction of sp³-hybridized carbons (Fsp3) is 0. The van der Waals surface area contributed by atoms with Crippen molar-refractivity contribution in [3.63, 3.8) is 0 Å². The minimum absolute atomic E-state index is 0.147. The molecule has 0 bridgehead atoms. The fourth-order valence-electron chi connectivity index (χ4n) is 7.19. The highest BCUT2D eigenvalue weighted by Crippen LogP contribution is 2.33. The first-order valence-electron chi connectivity index (χ1n) is 17.5. The van der Waals surface area contributed by atoms with Gasteiger partial charge in [0.2, 0.25) is 0 Å². The molecule has 52 heavy (non-hydrogen) atoms. The van der Waals surface area contributed by atoms with Crippen LogP contribution in [0.3, 0.4) is 0 Å². The summed E-state index contributed by atoms with van der Waals surface area (Å²) in [5.41, 5.74) is 6.90. The van der Waals surface area contributed by atoms with Crippen molar-refractivity contribution in [1.82, 2.24) is 0 Å². The number of benzene rings is 9. The molecule has 0 fully saturated rings. The van der Waals surface area contributed by atoms with Crippen LogP contribution in [0.2, 0.25) is 0 Å². The zero-order valence-corrected chi connectivity index (χ0v) is 28.4. The third-order valence-corrected chi connectivity index (χ3v) is 9.84. The van der Waals surface area contributed by atoms with E-state index in [4.69, 9.17) is 9.98 Å². The number of nitrogens with one attached hydrogen (secondary N) is 1. The minimum atomic E-state index is 0.147. The largest absolute Gasteiger partial charge is 0.282 e. The van der Waals surface area contributed by atoms with E-state index in [9.17, 15) is 5.41 Å². The molecule has 0 amide bonds. The highest BCUT2D eigenvalue weighted by atomic mass is 14.9. The molecule has 9 aromatic carbocycles. The smallest absolute Gasteiger partial charge is 0.162 e. The van der Waals surface area contributed by atoms with Gasteiger partial charge in [0.1, 0.15) is 0 Å². The van der Waals surface area contributed by atoms with Gasteiger partial charge in [-0.15, -0.1) is 0 Å². The fourth-order valence-corrected chi connectivity index (χ4v) is 7.19. The molecule has 3 nitrogen and oxygen atoms in total. The molecule has 0 atom stereocenters. The van der Waals surface area contributed by atoms with Crippen molar-refractivity contribution in [2.75, 3.05) is 0 Å². The van der Waals surface area contributed by atoms with Crippen LogP contribution in [-0.2, 0) is 0 Å². The normalized spacial score (nSPS) is 12.0. The molecule has 0 aliphatic rings. The maximum atomic E-state index is 9.24. The summed E-state index contributed by atoms with van der Waals surface area (Å²) >= 11 is 0. The lowest BCUT2D eigenvalue weighted by molar-refractivity contribution is 1.40. The molecule has 0 aliphatic heterocycles. The predicted molar refractivity (Wildman–Crippen MR) is 221 cm³/mol. The number of hydrogen-bond acceptors (Lipinski definition) is 1. The SMILES string of the molecule is N=C(N=C(N=Cc1c2ccccc2cc2c1ccc1ccccc12)c1ccccc1-c1ccc2ccccc2c1)c1ccc(-c2ccccc2)cc1. The lowest BCUT2D eigenvalue weighted by atomic mass is 9.93. The quantitative estimate of drug-likeness (QED) is 0.0825. The van der Waals surface area contributed by atoms with Gasteiger partial charge in [-0.2, -0.15) is 0 Å². The minimum Gasteiger partial charge on any atom is -0.282 e. The Kier molecular flexibility index (Phi) is 7.99. The second-order valence-corrected chi connectivity index (χ2v) is 13.0. The van der Waals surface area contributed by atoms with Gasteiger partial charge in [-0.05, 0) is 77.5 Å². The molecule has 0 unspecified atom stereocenters. The maximum absolute atomic E-state index is 9.24. The topological polar surface area (TPSA) is 48.6 Å². The Morgan fingerprint density at radius 1 is 0.423 bits per heavy atom. The average molecular weight is 664 g/mol. The van der Waals surface area contributed by atoms with Crippen LogP contribution in [0.4, 0.5) is 0 Å². The zero-order valence-electron chi connectivity index (χ0n) is 28.4. The van der Waals surface area contributed by atoms with E-state index in [1.165, 1.54) is 21.5 Å². The lowest BCUT2D eigenvalue weighted by Crippen LogP contribution is -2.06. The van der Waals surface area contributed by atoms with E-state index >= 15 is 0 Å². The molecule has 9 aromatic rings. The molecular formula is C49H33N3. The Labute approximate surface area is 302 Å². The Bertz CT molecular complexity index is 2850. The number of aliphatic imine (C=N–C) groups is 2. The molecule has 0 heterocycles. The van der Waals surface area contributed by atoms with Gasteiger partial charge in [-0.3, -0.25) is 5.41 Å². The van der Waals surface area contributed by atoms with Gasteiger partial charge in [0.05, 0.1) is 0 Å². The summed E-state index contributed by atoms with van der Waals surface area (Å²) in [4.78, 5) is 10.2. The van der Waals surface area contributed by atoms with Gasteiger partial charge < -0.3 is 0 Å². The molecule has 0 aromatic heterocycles. The first-order valence-corrected chi connectivity index (χ1v) is 17.5. The van der Waals surface area contributed by atoms with Crippen LogP contribution in [0.5, 0.6) is 0 Å². The number of nitrogens with zero attached hydrogens (tertiary/aromatic N) is 2. The Morgan fingerprint density at radius 2 is 1.04 bits per heavy atom. The Balaban J connectivity index is 1.22. The van der Waals surface area contributed by atoms with Gasteiger partial charge >= 0.3 is 0 Å². The van der Waals surface area contributed by atoms with E-state index in [0.29, 0.717) is 5.84 Å². The maximum Gasteiger partial charge on any atom is 0.162 e. The Morgan fingerprint density at radius 3 is 1.87 bits per heavy atom. The van der Waals surface area contributed by atoms with Crippen molar-refractivity contribution >= 4 is 61.0 Å². The van der Waals surface area contributed by atoms with E-state index in [-0.39, 0.29) is 5.84 Å². The Hall–Kier alpha value is -6.97. The van der Waals surface area contributed by atoms with Crippen molar-refractivity contribution in [1.29, 1.82) is 5.41 Å². The number of rotatable bonds is 5. The molecule has 0 radical (unpaired) electrons. The van der Waals surface area contributed by atoms with Gasteiger partial charge in [0, 0.05) is 22.9 Å². The highest BCUT2D eigenvalue weighted by Gasteiger charge is 2.15. The van der Waals surface area contributed by atoms with Crippen molar-refractivity contribution in [3.05, 3.63) is 205 Å². The molecule has 0 aliphatic carbocycles. The number of hydrogen-bond donors (Lipinski definition) is 1. The van der Waals surface area contributed by atoms with Gasteiger partial charge in [-0.25, -0.2) is 9.98 Å². The summed E-state index contributed by atoms with van der Waals surface area (Å²) in [6.07, 6.45) is 1.95. The summed E-state index contributed by atoms with van der Waals surface area (Å²) < 4.78 is 0. The van der Waals surface area contributed by atoms with Gasteiger partial charge in [0.25, 0.3) is 0 Å². The monoisotopic (exact) mass is 663 g/mol. The molecule has 244 valence electrons. The van der Waals surface area contributed by atoms with Gasteiger partial charge in [0.15, 0.2) is 11.7 Å². The number of amidine groups is 2. The van der Waals surface area contributed by atoms with E-state index < -0.39 is 0 Å². The van der Waals surface area contributed by atoms with Crippen molar-refractivity contribution in [2.45, 2.75) is 0 Å². The predicted octanol–water partition coefficient (Wildman–Crippen LogP) is 12.5. The second kappa shape index (κ2) is 13.4. The summed E-state index contributed by atoms with van der Waals surface area (Å²) in [6.45, 7) is 0. The van der Waals surface area contributed by atoms with E-state index in [1.807, 2.05) is 60.8 Å². The standard InChI is InChI=1S/C49H33N3/c50-48(37-25-22-35(23-26-37)33-12-2-1-3-13-33)52-49(45-21-11-10-19-42(45)40-27-24-34-14-4-5-16-38(34)30-40)51-32-47-43-20-9-7-17-39(43)31-46-41-18-8-6-15-36(41)28-29-44(46)47/h1-32,50H. The van der Waals surface area contributed by atoms with Crippen molar-refractivity contribution in [3.8, 4) is 22.3 Å². The van der Waals surface area contributed by atoms with Crippen LogP contribution in [-0.4, -0.2) is 17.9 Å². The number of fused-ring (bicyclic) bond motifs is 5. The van der Waals surface area contributed by atoms with Gasteiger partial charge in [-0.1, -0.05) is 176 Å². The summed E-state index contributed by atoms with van der Waals surface area (Å²) in [7, 11) is 0. The summed E-state index contributed by atoms with van der Waals surface area (Å²) in [5, 5.41) is 18.6. The van der Waals surface area contributed by atoms with Crippen LogP contribution in [0, 0.1) is 5.41 Å². The molecule has 3 heteroatoms. The highest BCUT2D eigenvalue weighted by molar-refractivity contribution is 6.23. The average Bonchev–Trinajstić information content (AvgIpc) is 3.22. The first kappa shape index (κ1) is 31.0. The van der Waals surface area contributed by atoms with Crippen LogP contribution in [0.25, 0.3) is 65.3 Å². The lowest BCUT2D eigenvalue weighted by Gasteiger charge is -2.13. The third kappa shape index (κ3) is 5.85. The van der Waals surface area contributed by atoms with Crippen molar-refractivity contribution in [2.24, 2.45) is 9.98 Å². The van der Waals surface area contributed by atoms with Crippen molar-refractivity contribution < 1.29 is 0 Å². The molecule has 1 N–H and O–H groups in total. The molecule has 0 saturated heterocycles. The zero-order chi connectivity index (χ0) is 34.9. The van der Waals surface area contributed by atoms with Crippen LogP contribution in [0.15, 0.2) is 198 Å². The molecule has 0 saturated carbocycles. The van der Waals surface area contributed by atoms with Crippen LogP contribution < -0.4 is 0 Å². The third-order valence-electron chi connectivity index (χ3n) is 9.84. The first-order chi connectivity index (χ1) is 25.7. The van der Waals surface area contributed by atoms with E-state index in [2.05, 4.69) is 133 Å². The molecule has 9 rings (SSSR count). The van der Waals surface area contributed by atoms with Crippen LogP contribution >= 0.6 is 0 Å². The molecular weight excluding hydrogens is 631 g/mol. The van der Waals surface area contributed by atoms with Crippen LogP contribution in [0.1, 0.15) is 16.7 Å². The van der Waals surface area contributed by atoms with E-state index in [0.717, 1.165) is 60.5 Å². The summed E-state index contributed by atoms with van der Waals surface area (Å²) in [6, 6.07) is 65.1. The van der Waals surface area contributed by atoms with E-state index in [1.54, 1.807) is 0 Å². The second-order valence-electron chi connectivity index (χ2n) is 13.0. The summed E-state index contributed by atoms with van der Waals surface area (Å²) in [5.74, 6) is 0.622.